The third kappa shape index (κ3) is 2.67. The van der Waals surface area contributed by atoms with E-state index in [2.05, 4.69) is 52.5 Å². The number of hydrogen-bond acceptors (Lipinski definition) is 4. The largest absolute Gasteiger partial charge is 0.380 e. The molecule has 1 aliphatic rings. The fraction of sp³-hybridized carbons (Fsp3) is 0.467. The maximum absolute atomic E-state index is 4.22. The molecule has 3 rings (SSSR count). The molecule has 0 amide bonds. The van der Waals surface area contributed by atoms with Gasteiger partial charge < -0.3 is 10.2 Å². The predicted octanol–water partition coefficient (Wildman–Crippen LogP) is 2.16. The summed E-state index contributed by atoms with van der Waals surface area (Å²) in [4.78, 5) is 6.44. The summed E-state index contributed by atoms with van der Waals surface area (Å²) in [6.07, 6.45) is 5.64. The Hall–Kier alpha value is -1.88. The molecule has 0 saturated carbocycles. The minimum absolute atomic E-state index is 0.519. The molecule has 0 aliphatic carbocycles. The van der Waals surface area contributed by atoms with E-state index in [1.807, 2.05) is 6.07 Å². The number of likely N-dealkylation sites (tertiary alicyclic amines) is 1. The number of piperidine rings is 1. The van der Waals surface area contributed by atoms with E-state index in [4.69, 9.17) is 0 Å². The fourth-order valence-electron chi connectivity index (χ4n) is 2.77. The van der Waals surface area contributed by atoms with Crippen molar-refractivity contribution < 1.29 is 0 Å². The normalized spacial score (nSPS) is 23.7. The van der Waals surface area contributed by atoms with E-state index in [1.54, 1.807) is 17.3 Å². The topological polar surface area (TPSA) is 46.0 Å². The highest BCUT2D eigenvalue weighted by Gasteiger charge is 2.23. The summed E-state index contributed by atoms with van der Waals surface area (Å²) < 4.78 is 1.81. The van der Waals surface area contributed by atoms with Crippen LogP contribution in [0.5, 0.6) is 0 Å². The average Bonchev–Trinajstić information content (AvgIpc) is 2.97. The van der Waals surface area contributed by atoms with Gasteiger partial charge in [0.05, 0.1) is 11.4 Å². The van der Waals surface area contributed by atoms with E-state index in [1.165, 1.54) is 12.8 Å². The second-order valence-electron chi connectivity index (χ2n) is 5.55. The van der Waals surface area contributed by atoms with Crippen molar-refractivity contribution in [3.05, 3.63) is 36.9 Å². The van der Waals surface area contributed by atoms with Crippen molar-refractivity contribution >= 4 is 5.69 Å². The summed E-state index contributed by atoms with van der Waals surface area (Å²) >= 11 is 0. The quantitative estimate of drug-likeness (QED) is 0.929. The molecule has 0 spiro atoms. The molecule has 1 fully saturated rings. The molecule has 0 radical (unpaired) electrons. The molecule has 106 valence electrons. The Kier molecular flexibility index (Phi) is 3.69. The smallest absolute Gasteiger partial charge is 0.138 e. The molecule has 1 aliphatic heterocycles. The minimum atomic E-state index is 0.519. The molecule has 1 aromatic heterocycles. The zero-order chi connectivity index (χ0) is 13.9. The molecule has 1 N–H and O–H groups in total. The van der Waals surface area contributed by atoms with Crippen LogP contribution in [0.2, 0.25) is 0 Å². The first-order chi connectivity index (χ1) is 9.74. The number of hydrogen-bond donors (Lipinski definition) is 1. The fourth-order valence-corrected chi connectivity index (χ4v) is 2.77. The van der Waals surface area contributed by atoms with Crippen LogP contribution in [0.3, 0.4) is 0 Å². The Morgan fingerprint density at radius 1 is 1.30 bits per heavy atom. The lowest BCUT2D eigenvalue weighted by Gasteiger charge is -2.36. The Bertz CT molecular complexity index is 551. The number of nitrogens with one attached hydrogen (secondary N) is 1. The van der Waals surface area contributed by atoms with Crippen molar-refractivity contribution in [3.63, 3.8) is 0 Å². The summed E-state index contributed by atoms with van der Waals surface area (Å²) in [7, 11) is 2.20. The number of anilines is 1. The van der Waals surface area contributed by atoms with Gasteiger partial charge in [0.15, 0.2) is 0 Å². The molecule has 2 aromatic rings. The molecule has 20 heavy (non-hydrogen) atoms. The summed E-state index contributed by atoms with van der Waals surface area (Å²) in [5, 5.41) is 7.90. The van der Waals surface area contributed by atoms with Crippen molar-refractivity contribution in [1.29, 1.82) is 0 Å². The lowest BCUT2D eigenvalue weighted by Crippen LogP contribution is -2.42. The number of para-hydroxylation sites is 2. The van der Waals surface area contributed by atoms with Gasteiger partial charge in [-0.1, -0.05) is 12.1 Å². The molecule has 1 aromatic carbocycles. The van der Waals surface area contributed by atoms with Crippen LogP contribution in [-0.4, -0.2) is 45.3 Å². The second-order valence-corrected chi connectivity index (χ2v) is 5.55. The highest BCUT2D eigenvalue weighted by atomic mass is 15.3. The third-order valence-electron chi connectivity index (χ3n) is 4.14. The van der Waals surface area contributed by atoms with Gasteiger partial charge in [0.2, 0.25) is 0 Å². The highest BCUT2D eigenvalue weighted by molar-refractivity contribution is 5.60. The SMILES string of the molecule is CC1CC(Nc2ccccc2-n2cncn2)CCN1C. The van der Waals surface area contributed by atoms with E-state index in [9.17, 15) is 0 Å². The zero-order valence-electron chi connectivity index (χ0n) is 12.0. The predicted molar refractivity (Wildman–Crippen MR) is 80.1 cm³/mol. The molecule has 2 heterocycles. The Balaban J connectivity index is 1.78. The molecule has 5 nitrogen and oxygen atoms in total. The van der Waals surface area contributed by atoms with Crippen LogP contribution in [0, 0.1) is 0 Å². The van der Waals surface area contributed by atoms with Crippen molar-refractivity contribution in [2.45, 2.75) is 31.8 Å². The third-order valence-corrected chi connectivity index (χ3v) is 4.14. The van der Waals surface area contributed by atoms with Crippen molar-refractivity contribution in [3.8, 4) is 5.69 Å². The van der Waals surface area contributed by atoms with Crippen LogP contribution < -0.4 is 5.32 Å². The van der Waals surface area contributed by atoms with E-state index in [0.717, 1.165) is 17.9 Å². The maximum atomic E-state index is 4.22. The first kappa shape index (κ1) is 13.1. The first-order valence-electron chi connectivity index (χ1n) is 7.15. The van der Waals surface area contributed by atoms with Crippen LogP contribution in [-0.2, 0) is 0 Å². The lowest BCUT2D eigenvalue weighted by molar-refractivity contribution is 0.190. The lowest BCUT2D eigenvalue weighted by atomic mass is 9.98. The van der Waals surface area contributed by atoms with Gasteiger partial charge in [-0.2, -0.15) is 5.10 Å². The van der Waals surface area contributed by atoms with Crippen LogP contribution in [0.25, 0.3) is 5.69 Å². The summed E-state index contributed by atoms with van der Waals surface area (Å²) in [5.74, 6) is 0. The minimum Gasteiger partial charge on any atom is -0.380 e. The van der Waals surface area contributed by atoms with E-state index in [0.29, 0.717) is 12.1 Å². The second kappa shape index (κ2) is 5.63. The molecule has 0 bridgehead atoms. The standard InChI is InChI=1S/C15H21N5/c1-12-9-13(7-8-19(12)2)18-14-5-3-4-6-15(14)20-11-16-10-17-20/h3-6,10-13,18H,7-9H2,1-2H3. The summed E-state index contributed by atoms with van der Waals surface area (Å²) in [6, 6.07) is 9.40. The zero-order valence-corrected chi connectivity index (χ0v) is 12.0. The van der Waals surface area contributed by atoms with Crippen LogP contribution >= 0.6 is 0 Å². The van der Waals surface area contributed by atoms with Crippen LogP contribution in [0.1, 0.15) is 19.8 Å². The van der Waals surface area contributed by atoms with Crippen molar-refractivity contribution in [2.75, 3.05) is 18.9 Å². The number of benzene rings is 1. The number of rotatable bonds is 3. The van der Waals surface area contributed by atoms with E-state index < -0.39 is 0 Å². The van der Waals surface area contributed by atoms with Gasteiger partial charge in [-0.05, 0) is 38.9 Å². The Morgan fingerprint density at radius 3 is 2.90 bits per heavy atom. The van der Waals surface area contributed by atoms with Crippen LogP contribution in [0.15, 0.2) is 36.9 Å². The summed E-state index contributed by atoms with van der Waals surface area (Å²) in [6.45, 7) is 3.43. The molecular formula is C15H21N5. The first-order valence-corrected chi connectivity index (χ1v) is 7.15. The van der Waals surface area contributed by atoms with Gasteiger partial charge in [-0.3, -0.25) is 0 Å². The van der Waals surface area contributed by atoms with Crippen LogP contribution in [0.4, 0.5) is 5.69 Å². The van der Waals surface area contributed by atoms with E-state index in [-0.39, 0.29) is 0 Å². The van der Waals surface area contributed by atoms with Gasteiger partial charge in [-0.25, -0.2) is 9.67 Å². The Labute approximate surface area is 119 Å². The molecule has 1 saturated heterocycles. The maximum Gasteiger partial charge on any atom is 0.138 e. The molecular weight excluding hydrogens is 250 g/mol. The van der Waals surface area contributed by atoms with Gasteiger partial charge in [0.25, 0.3) is 0 Å². The monoisotopic (exact) mass is 271 g/mol. The molecule has 5 heteroatoms. The molecule has 2 atom stereocenters. The van der Waals surface area contributed by atoms with E-state index >= 15 is 0 Å². The van der Waals surface area contributed by atoms with Gasteiger partial charge in [-0.15, -0.1) is 0 Å². The molecule has 2 unspecified atom stereocenters. The Morgan fingerprint density at radius 2 is 2.15 bits per heavy atom. The average molecular weight is 271 g/mol. The highest BCUT2D eigenvalue weighted by Crippen LogP contribution is 2.24. The van der Waals surface area contributed by atoms with Crippen molar-refractivity contribution in [1.82, 2.24) is 19.7 Å². The van der Waals surface area contributed by atoms with Gasteiger partial charge in [0.1, 0.15) is 12.7 Å². The van der Waals surface area contributed by atoms with Crippen molar-refractivity contribution in [2.24, 2.45) is 0 Å². The van der Waals surface area contributed by atoms with Gasteiger partial charge >= 0.3 is 0 Å². The number of nitrogens with zero attached hydrogens (tertiary/aromatic N) is 4. The number of aromatic nitrogens is 3. The summed E-state index contributed by atoms with van der Waals surface area (Å²) in [5.41, 5.74) is 2.18. The van der Waals surface area contributed by atoms with Gasteiger partial charge in [0, 0.05) is 18.6 Å².